The number of hydrogen-bond acceptors (Lipinski definition) is 6. The first-order chi connectivity index (χ1) is 19.7. The molecule has 42 heavy (non-hydrogen) atoms. The number of allylic oxidation sites excluding steroid dienone is 2. The Morgan fingerprint density at radius 3 is 2.43 bits per heavy atom. The van der Waals surface area contributed by atoms with E-state index >= 15 is 0 Å². The van der Waals surface area contributed by atoms with Crippen molar-refractivity contribution >= 4 is 5.97 Å². The van der Waals surface area contributed by atoms with Crippen LogP contribution in [0.2, 0.25) is 0 Å². The Kier molecular flexibility index (Phi) is 8.60. The number of esters is 1. The van der Waals surface area contributed by atoms with Gasteiger partial charge in [0.1, 0.15) is 0 Å². The van der Waals surface area contributed by atoms with E-state index in [0.717, 1.165) is 57.8 Å². The second-order valence-electron chi connectivity index (χ2n) is 16.4. The van der Waals surface area contributed by atoms with Crippen molar-refractivity contribution in [3.8, 4) is 0 Å². The standard InChI is InChI=1S/C36H60O6/c1-9-10-19-41-24(4)42-31(40)36-16-13-22(2)23(3)29(36)25-11-12-28-32(5)20-26(38)30(39)33(6,21-37)27(32)14-15-35(28,8)34(25,7)17-18-36/h11,22-24,26-30,37-39H,9-10,12-21H2,1-8H3/t22-,23+,24?,26-,27?,28?,29?,30+,32+,33+,34-,35-,36+/m1/s1. The number of carbonyl (C=O) groups is 1. The minimum Gasteiger partial charge on any atom is -0.436 e. The van der Waals surface area contributed by atoms with Crippen molar-refractivity contribution in [1.82, 2.24) is 0 Å². The van der Waals surface area contributed by atoms with Gasteiger partial charge in [0.05, 0.1) is 30.8 Å². The molecule has 6 nitrogen and oxygen atoms in total. The van der Waals surface area contributed by atoms with Crippen LogP contribution in [0.15, 0.2) is 11.6 Å². The number of rotatable bonds is 7. The van der Waals surface area contributed by atoms with Crippen LogP contribution >= 0.6 is 0 Å². The SMILES string of the molecule is CCCCOC(C)OC(=O)[C@]12CC[C@@H](C)[C@H](C)C1C1=CCC3[C@@]4(C)C[C@@H](O)[C@H](O)[C@@](C)(CO)C4CC[C@@]3(C)[C@]1(C)CC2. The van der Waals surface area contributed by atoms with Crippen molar-refractivity contribution < 1.29 is 29.6 Å². The van der Waals surface area contributed by atoms with Gasteiger partial charge in [0.2, 0.25) is 0 Å². The first-order valence-corrected chi connectivity index (χ1v) is 17.2. The van der Waals surface area contributed by atoms with Crippen LogP contribution in [-0.2, 0) is 14.3 Å². The fourth-order valence-electron chi connectivity index (χ4n) is 11.7. The van der Waals surface area contributed by atoms with Crippen LogP contribution in [-0.4, -0.2) is 53.0 Å². The lowest BCUT2D eigenvalue weighted by Gasteiger charge is -2.71. The maximum atomic E-state index is 14.2. The van der Waals surface area contributed by atoms with E-state index in [2.05, 4.69) is 47.6 Å². The van der Waals surface area contributed by atoms with E-state index in [1.165, 1.54) is 5.57 Å². The lowest BCUT2D eigenvalue weighted by Crippen LogP contribution is -2.68. The minimum absolute atomic E-state index is 0.00621. The van der Waals surface area contributed by atoms with Crippen molar-refractivity contribution in [2.45, 2.75) is 138 Å². The molecule has 0 amide bonds. The van der Waals surface area contributed by atoms with Crippen LogP contribution in [0.5, 0.6) is 0 Å². The quantitative estimate of drug-likeness (QED) is 0.133. The lowest BCUT2D eigenvalue weighted by atomic mass is 9.33. The maximum absolute atomic E-state index is 14.2. The third-order valence-corrected chi connectivity index (χ3v) is 14.6. The number of aliphatic hydroxyl groups is 3. The van der Waals surface area contributed by atoms with Crippen molar-refractivity contribution in [2.75, 3.05) is 13.2 Å². The molecule has 4 saturated carbocycles. The smallest absolute Gasteiger partial charge is 0.314 e. The zero-order valence-electron chi connectivity index (χ0n) is 27.7. The molecule has 3 N–H and O–H groups in total. The summed E-state index contributed by atoms with van der Waals surface area (Å²) in [5, 5.41) is 32.7. The van der Waals surface area contributed by atoms with Crippen LogP contribution in [0.1, 0.15) is 120 Å². The first kappa shape index (κ1) is 32.4. The molecule has 0 aliphatic heterocycles. The molecule has 0 bridgehead atoms. The Morgan fingerprint density at radius 2 is 1.76 bits per heavy atom. The Bertz CT molecular complexity index is 1060. The average molecular weight is 589 g/mol. The van der Waals surface area contributed by atoms with Gasteiger partial charge in [-0.2, -0.15) is 0 Å². The highest BCUT2D eigenvalue weighted by atomic mass is 16.7. The van der Waals surface area contributed by atoms with E-state index in [4.69, 9.17) is 9.47 Å². The molecule has 0 aromatic rings. The molecule has 4 fully saturated rings. The number of unbranched alkanes of at least 4 members (excludes halogenated alkanes) is 1. The number of hydrogen-bond donors (Lipinski definition) is 3. The lowest BCUT2D eigenvalue weighted by molar-refractivity contribution is -0.245. The van der Waals surface area contributed by atoms with E-state index in [-0.39, 0.29) is 40.7 Å². The van der Waals surface area contributed by atoms with Gasteiger partial charge < -0.3 is 24.8 Å². The average Bonchev–Trinajstić information content (AvgIpc) is 2.94. The minimum atomic E-state index is -0.908. The molecule has 13 atom stereocenters. The summed E-state index contributed by atoms with van der Waals surface area (Å²) >= 11 is 0. The Morgan fingerprint density at radius 1 is 1.05 bits per heavy atom. The summed E-state index contributed by atoms with van der Waals surface area (Å²) in [5.41, 5.74) is -0.0144. The number of carbonyl (C=O) groups excluding carboxylic acids is 1. The summed E-state index contributed by atoms with van der Waals surface area (Å²) in [6.45, 7) is 18.5. The highest BCUT2D eigenvalue weighted by Crippen LogP contribution is 2.75. The summed E-state index contributed by atoms with van der Waals surface area (Å²) in [6.07, 6.45) is 9.39. The third-order valence-electron chi connectivity index (χ3n) is 14.6. The molecule has 0 aromatic carbocycles. The van der Waals surface area contributed by atoms with Crippen molar-refractivity contribution in [3.63, 3.8) is 0 Å². The molecule has 0 aromatic heterocycles. The van der Waals surface area contributed by atoms with Crippen LogP contribution in [0, 0.1) is 56.7 Å². The van der Waals surface area contributed by atoms with Crippen LogP contribution in [0.25, 0.3) is 0 Å². The first-order valence-electron chi connectivity index (χ1n) is 17.2. The monoisotopic (exact) mass is 588 g/mol. The van der Waals surface area contributed by atoms with Crippen LogP contribution < -0.4 is 0 Å². The predicted molar refractivity (Wildman–Crippen MR) is 164 cm³/mol. The number of ether oxygens (including phenoxy) is 2. The Balaban J connectivity index is 1.52. The largest absolute Gasteiger partial charge is 0.436 e. The summed E-state index contributed by atoms with van der Waals surface area (Å²) in [4.78, 5) is 14.2. The Hall–Kier alpha value is -0.950. The topological polar surface area (TPSA) is 96.2 Å². The highest BCUT2D eigenvalue weighted by Gasteiger charge is 2.71. The molecule has 0 heterocycles. The second-order valence-corrected chi connectivity index (χ2v) is 16.4. The molecular formula is C36H60O6. The molecule has 4 unspecified atom stereocenters. The molecule has 0 spiro atoms. The van der Waals surface area contributed by atoms with Gasteiger partial charge in [-0.3, -0.25) is 4.79 Å². The summed E-state index contributed by atoms with van der Waals surface area (Å²) < 4.78 is 12.0. The van der Waals surface area contributed by atoms with E-state index in [0.29, 0.717) is 30.8 Å². The van der Waals surface area contributed by atoms with Crippen molar-refractivity contribution in [2.24, 2.45) is 56.7 Å². The van der Waals surface area contributed by atoms with Gasteiger partial charge in [0.25, 0.3) is 0 Å². The zero-order chi connectivity index (χ0) is 30.9. The fourth-order valence-corrected chi connectivity index (χ4v) is 11.7. The molecular weight excluding hydrogens is 528 g/mol. The predicted octanol–water partition coefficient (Wildman–Crippen LogP) is 6.65. The van der Waals surface area contributed by atoms with Gasteiger partial charge in [-0.05, 0) is 111 Å². The third kappa shape index (κ3) is 4.42. The van der Waals surface area contributed by atoms with Crippen molar-refractivity contribution in [3.05, 3.63) is 11.6 Å². The zero-order valence-corrected chi connectivity index (χ0v) is 27.7. The summed E-state index contributed by atoms with van der Waals surface area (Å²) in [7, 11) is 0. The molecule has 6 heteroatoms. The molecule has 240 valence electrons. The molecule has 5 aliphatic carbocycles. The molecule has 5 rings (SSSR count). The fraction of sp³-hybridized carbons (Fsp3) is 0.917. The molecule has 0 radical (unpaired) electrons. The van der Waals surface area contributed by atoms with Crippen LogP contribution in [0.3, 0.4) is 0 Å². The van der Waals surface area contributed by atoms with E-state index in [1.807, 2.05) is 13.8 Å². The van der Waals surface area contributed by atoms with E-state index in [1.54, 1.807) is 0 Å². The summed E-state index contributed by atoms with van der Waals surface area (Å²) in [6, 6.07) is 0. The van der Waals surface area contributed by atoms with E-state index in [9.17, 15) is 20.1 Å². The van der Waals surface area contributed by atoms with Crippen molar-refractivity contribution in [1.29, 1.82) is 0 Å². The maximum Gasteiger partial charge on any atom is 0.314 e. The van der Waals surface area contributed by atoms with Gasteiger partial charge in [-0.15, -0.1) is 0 Å². The van der Waals surface area contributed by atoms with Gasteiger partial charge in [-0.1, -0.05) is 66.5 Å². The number of fused-ring (bicyclic) bond motifs is 7. The summed E-state index contributed by atoms with van der Waals surface area (Å²) in [5.74, 6) is 1.48. The number of aliphatic hydroxyl groups excluding tert-OH is 3. The van der Waals surface area contributed by atoms with E-state index < -0.39 is 29.3 Å². The Labute approximate surface area is 255 Å². The van der Waals surface area contributed by atoms with Gasteiger partial charge in [-0.25, -0.2) is 0 Å². The van der Waals surface area contributed by atoms with Gasteiger partial charge in [0, 0.05) is 5.41 Å². The van der Waals surface area contributed by atoms with Gasteiger partial charge in [0.15, 0.2) is 6.29 Å². The molecule has 5 aliphatic rings. The highest BCUT2D eigenvalue weighted by molar-refractivity contribution is 5.79. The van der Waals surface area contributed by atoms with Gasteiger partial charge >= 0.3 is 5.97 Å². The second kappa shape index (κ2) is 11.1. The normalized spacial score (nSPS) is 50.8. The molecule has 0 saturated heterocycles. The van der Waals surface area contributed by atoms with Crippen LogP contribution in [0.4, 0.5) is 0 Å².